The molecule has 242 valence electrons. The van der Waals surface area contributed by atoms with Crippen LogP contribution in [0.25, 0.3) is 0 Å². The molecule has 2 aromatic rings. The molecular formula is C28H34Cl2F7N3O3. The van der Waals surface area contributed by atoms with Gasteiger partial charge in [0.15, 0.2) is 0 Å². The summed E-state index contributed by atoms with van der Waals surface area (Å²) in [5, 5.41) is 0. The first-order chi connectivity index (χ1) is 19.3. The number of halogens is 9. The zero-order chi connectivity index (χ0) is 29.8. The van der Waals surface area contributed by atoms with Crippen LogP contribution < -0.4 is 0 Å². The molecular weight excluding hydrogens is 630 g/mol. The van der Waals surface area contributed by atoms with Gasteiger partial charge in [0.05, 0.1) is 30.4 Å². The van der Waals surface area contributed by atoms with Crippen LogP contribution in [0.15, 0.2) is 42.5 Å². The summed E-state index contributed by atoms with van der Waals surface area (Å²) >= 11 is 0. The summed E-state index contributed by atoms with van der Waals surface area (Å²) in [4.78, 5) is 19.2. The molecule has 2 saturated heterocycles. The summed E-state index contributed by atoms with van der Waals surface area (Å²) in [5.41, 5.74) is -3.07. The first kappa shape index (κ1) is 37.0. The third-order valence-electron chi connectivity index (χ3n) is 7.35. The average molecular weight is 664 g/mol. The lowest BCUT2D eigenvalue weighted by atomic mass is 9.99. The number of piperazine rings is 1. The highest BCUT2D eigenvalue weighted by molar-refractivity contribution is 5.95. The monoisotopic (exact) mass is 663 g/mol. The molecule has 4 rings (SSSR count). The largest absolute Gasteiger partial charge is 0.416 e. The standard InChI is InChI=1S/C28H32F7N3O3.2ClH/c1-40-18-25-17-37(10-11-41-25)7-6-36-8-9-38(24(16-36)12-19-2-4-23(29)5-3-19)26(39)20-13-21(27(30,31)32)15-22(14-20)28(33,34)35;;/h2-5,13-15,24-25H,6-12,16-18H2,1H3;2*1H/t24-,25+;;/m1../s1. The van der Waals surface area contributed by atoms with Crippen LogP contribution in [0.1, 0.15) is 27.0 Å². The number of rotatable bonds is 8. The molecule has 0 aromatic heterocycles. The van der Waals surface area contributed by atoms with E-state index in [0.717, 1.165) is 6.54 Å². The summed E-state index contributed by atoms with van der Waals surface area (Å²) < 4.78 is 105. The number of hydrogen-bond acceptors (Lipinski definition) is 5. The van der Waals surface area contributed by atoms with Gasteiger partial charge in [0.25, 0.3) is 5.91 Å². The molecule has 0 bridgehead atoms. The Hall–Kier alpha value is -2.16. The molecule has 2 aromatic carbocycles. The molecule has 2 aliphatic rings. The van der Waals surface area contributed by atoms with Gasteiger partial charge in [0, 0.05) is 64.5 Å². The van der Waals surface area contributed by atoms with Crippen LogP contribution in [-0.4, -0.2) is 98.9 Å². The Balaban J connectivity index is 0.00000323. The van der Waals surface area contributed by atoms with Crippen LogP contribution in [0.3, 0.4) is 0 Å². The van der Waals surface area contributed by atoms with Gasteiger partial charge in [-0.25, -0.2) is 4.39 Å². The summed E-state index contributed by atoms with van der Waals surface area (Å²) in [6.45, 7) is 4.69. The van der Waals surface area contributed by atoms with Crippen molar-refractivity contribution in [2.45, 2.75) is 30.9 Å². The van der Waals surface area contributed by atoms with E-state index in [4.69, 9.17) is 9.47 Å². The van der Waals surface area contributed by atoms with Gasteiger partial charge in [-0.2, -0.15) is 26.3 Å². The molecule has 6 nitrogen and oxygen atoms in total. The van der Waals surface area contributed by atoms with Crippen molar-refractivity contribution in [1.29, 1.82) is 0 Å². The van der Waals surface area contributed by atoms with E-state index in [1.165, 1.54) is 17.0 Å². The van der Waals surface area contributed by atoms with Crippen molar-refractivity contribution < 1.29 is 45.0 Å². The average Bonchev–Trinajstić information content (AvgIpc) is 2.92. The molecule has 0 unspecified atom stereocenters. The van der Waals surface area contributed by atoms with E-state index in [1.807, 2.05) is 0 Å². The number of nitrogens with zero attached hydrogens (tertiary/aromatic N) is 3. The Morgan fingerprint density at radius 2 is 1.47 bits per heavy atom. The topological polar surface area (TPSA) is 45.2 Å². The Morgan fingerprint density at radius 3 is 2.02 bits per heavy atom. The maximum absolute atomic E-state index is 13.5. The van der Waals surface area contributed by atoms with Gasteiger partial charge < -0.3 is 14.4 Å². The fourth-order valence-electron chi connectivity index (χ4n) is 5.25. The Kier molecular flexibility index (Phi) is 13.5. The van der Waals surface area contributed by atoms with Crippen molar-refractivity contribution in [3.05, 3.63) is 70.5 Å². The van der Waals surface area contributed by atoms with Crippen LogP contribution in [0.4, 0.5) is 30.7 Å². The number of amides is 1. The van der Waals surface area contributed by atoms with Gasteiger partial charge in [-0.05, 0) is 42.3 Å². The fraction of sp³-hybridized carbons (Fsp3) is 0.536. The lowest BCUT2D eigenvalue weighted by molar-refractivity contribution is -0.143. The third-order valence-corrected chi connectivity index (χ3v) is 7.35. The van der Waals surface area contributed by atoms with E-state index in [9.17, 15) is 35.5 Å². The summed E-state index contributed by atoms with van der Waals surface area (Å²) in [6, 6.07) is 6.00. The van der Waals surface area contributed by atoms with Gasteiger partial charge in [-0.1, -0.05) is 12.1 Å². The van der Waals surface area contributed by atoms with Gasteiger partial charge in [0.2, 0.25) is 0 Å². The Bertz CT molecular complexity index is 1150. The molecule has 1 amide bonds. The first-order valence-corrected chi connectivity index (χ1v) is 13.2. The van der Waals surface area contributed by atoms with E-state index in [2.05, 4.69) is 9.80 Å². The quantitative estimate of drug-likeness (QED) is 0.353. The van der Waals surface area contributed by atoms with Crippen LogP contribution in [0, 0.1) is 5.82 Å². The molecule has 0 spiro atoms. The second-order valence-corrected chi connectivity index (χ2v) is 10.3. The molecule has 15 heteroatoms. The predicted octanol–water partition coefficient (Wildman–Crippen LogP) is 5.42. The SMILES string of the molecule is COC[C@@H]1CN(CCN2CCN(C(=O)c3cc(C(F)(F)F)cc(C(F)(F)F)c3)[C@H](Cc3ccc(F)cc3)C2)CCO1.Cl.Cl. The van der Waals surface area contributed by atoms with Crippen LogP contribution in [0.5, 0.6) is 0 Å². The minimum atomic E-state index is -5.07. The van der Waals surface area contributed by atoms with Gasteiger partial charge >= 0.3 is 12.4 Å². The number of carbonyl (C=O) groups excluding carboxylic acids is 1. The second kappa shape index (κ2) is 15.7. The van der Waals surface area contributed by atoms with Crippen molar-refractivity contribution in [2.24, 2.45) is 0 Å². The van der Waals surface area contributed by atoms with Crippen molar-refractivity contribution in [2.75, 3.05) is 66.1 Å². The number of carbonyl (C=O) groups is 1. The number of hydrogen-bond donors (Lipinski definition) is 0. The first-order valence-electron chi connectivity index (χ1n) is 13.2. The summed E-state index contributed by atoms with van der Waals surface area (Å²) in [6.07, 6.45) is -9.92. The third kappa shape index (κ3) is 10.2. The van der Waals surface area contributed by atoms with Crippen LogP contribution in [0.2, 0.25) is 0 Å². The lowest BCUT2D eigenvalue weighted by Crippen LogP contribution is -2.57. The molecule has 2 fully saturated rings. The zero-order valence-electron chi connectivity index (χ0n) is 23.3. The molecule has 43 heavy (non-hydrogen) atoms. The number of ether oxygens (including phenoxy) is 2. The fourth-order valence-corrected chi connectivity index (χ4v) is 5.25. The van der Waals surface area contributed by atoms with E-state index in [-0.39, 0.29) is 49.9 Å². The van der Waals surface area contributed by atoms with E-state index in [0.29, 0.717) is 63.6 Å². The van der Waals surface area contributed by atoms with E-state index < -0.39 is 46.8 Å². The molecule has 0 saturated carbocycles. The van der Waals surface area contributed by atoms with Gasteiger partial charge in [0.1, 0.15) is 5.82 Å². The lowest BCUT2D eigenvalue weighted by Gasteiger charge is -2.43. The Morgan fingerprint density at radius 1 is 0.884 bits per heavy atom. The summed E-state index contributed by atoms with van der Waals surface area (Å²) in [5.74, 6) is -1.36. The highest BCUT2D eigenvalue weighted by Crippen LogP contribution is 2.37. The van der Waals surface area contributed by atoms with Crippen molar-refractivity contribution >= 4 is 30.7 Å². The highest BCUT2D eigenvalue weighted by atomic mass is 35.5. The minimum Gasteiger partial charge on any atom is -0.382 e. The minimum absolute atomic E-state index is 0. The molecule has 2 atom stereocenters. The zero-order valence-corrected chi connectivity index (χ0v) is 24.9. The number of methoxy groups -OCH3 is 1. The molecule has 0 aliphatic carbocycles. The number of morpholine rings is 1. The molecule has 2 aliphatic heterocycles. The second-order valence-electron chi connectivity index (χ2n) is 10.3. The number of benzene rings is 2. The van der Waals surface area contributed by atoms with Crippen molar-refractivity contribution in [1.82, 2.24) is 14.7 Å². The van der Waals surface area contributed by atoms with E-state index >= 15 is 0 Å². The van der Waals surface area contributed by atoms with Gasteiger partial charge in [-0.3, -0.25) is 14.6 Å². The molecule has 0 N–H and O–H groups in total. The summed E-state index contributed by atoms with van der Waals surface area (Å²) in [7, 11) is 1.60. The predicted molar refractivity (Wildman–Crippen MR) is 150 cm³/mol. The molecule has 2 heterocycles. The number of alkyl halides is 6. The van der Waals surface area contributed by atoms with Crippen LogP contribution >= 0.6 is 24.8 Å². The Labute approximate surface area is 257 Å². The molecule has 0 radical (unpaired) electrons. The van der Waals surface area contributed by atoms with Gasteiger partial charge in [-0.15, -0.1) is 24.8 Å². The highest BCUT2D eigenvalue weighted by Gasteiger charge is 2.39. The van der Waals surface area contributed by atoms with E-state index in [1.54, 1.807) is 19.2 Å². The van der Waals surface area contributed by atoms with Crippen molar-refractivity contribution in [3.63, 3.8) is 0 Å². The van der Waals surface area contributed by atoms with Crippen LogP contribution in [-0.2, 0) is 28.2 Å². The smallest absolute Gasteiger partial charge is 0.382 e. The maximum Gasteiger partial charge on any atom is 0.416 e. The maximum atomic E-state index is 13.5. The van der Waals surface area contributed by atoms with Crippen molar-refractivity contribution in [3.8, 4) is 0 Å². The normalized spacial score (nSPS) is 20.3.